The molecule has 1 amide bonds. The van der Waals surface area contributed by atoms with Crippen LogP contribution >= 0.6 is 0 Å². The zero-order valence-electron chi connectivity index (χ0n) is 10.8. The summed E-state index contributed by atoms with van der Waals surface area (Å²) >= 11 is 0. The van der Waals surface area contributed by atoms with Crippen molar-refractivity contribution in [3.05, 3.63) is 30.1 Å². The molecule has 0 atom stereocenters. The van der Waals surface area contributed by atoms with Crippen LogP contribution in [0.2, 0.25) is 0 Å². The zero-order chi connectivity index (χ0) is 14.0. The van der Waals surface area contributed by atoms with E-state index in [0.717, 1.165) is 5.52 Å². The van der Waals surface area contributed by atoms with Crippen molar-refractivity contribution in [2.24, 2.45) is 0 Å². The highest BCUT2D eigenvalue weighted by Crippen LogP contribution is 2.15. The van der Waals surface area contributed by atoms with Crippen LogP contribution in [0.4, 0.5) is 0 Å². The number of carboxylic acids is 1. The van der Waals surface area contributed by atoms with E-state index in [0.29, 0.717) is 18.5 Å². The Morgan fingerprint density at radius 1 is 1.37 bits per heavy atom. The fraction of sp³-hybridized carbons (Fsp3) is 0.308. The van der Waals surface area contributed by atoms with Crippen LogP contribution in [0.3, 0.4) is 0 Å². The van der Waals surface area contributed by atoms with E-state index in [-0.39, 0.29) is 11.5 Å². The molecule has 2 rings (SSSR count). The average Bonchev–Trinajstić information content (AvgIpc) is 2.77. The Kier molecular flexibility index (Phi) is 3.50. The lowest BCUT2D eigenvalue weighted by molar-refractivity contribution is -0.128. The Morgan fingerprint density at radius 2 is 2.11 bits per heavy atom. The van der Waals surface area contributed by atoms with E-state index in [1.165, 1.54) is 12.1 Å². The quantitative estimate of drug-likeness (QED) is 0.897. The van der Waals surface area contributed by atoms with Crippen LogP contribution in [0.15, 0.2) is 24.5 Å². The van der Waals surface area contributed by atoms with Gasteiger partial charge in [-0.3, -0.25) is 4.79 Å². The molecule has 0 fully saturated rings. The molecule has 1 aromatic carbocycles. The van der Waals surface area contributed by atoms with E-state index in [9.17, 15) is 9.59 Å². The van der Waals surface area contributed by atoms with E-state index >= 15 is 0 Å². The van der Waals surface area contributed by atoms with Gasteiger partial charge in [-0.25, -0.2) is 9.78 Å². The first kappa shape index (κ1) is 13.1. The first-order valence-electron chi connectivity index (χ1n) is 5.87. The molecular weight excluding hydrogens is 246 g/mol. The number of amides is 1. The van der Waals surface area contributed by atoms with Gasteiger partial charge in [0.15, 0.2) is 0 Å². The van der Waals surface area contributed by atoms with Crippen molar-refractivity contribution >= 4 is 22.9 Å². The van der Waals surface area contributed by atoms with Crippen LogP contribution in [0.1, 0.15) is 16.8 Å². The summed E-state index contributed by atoms with van der Waals surface area (Å²) in [6.07, 6.45) is 2.01. The number of aromatic carboxylic acids is 1. The minimum atomic E-state index is -0.973. The van der Waals surface area contributed by atoms with Gasteiger partial charge in [0.2, 0.25) is 5.91 Å². The van der Waals surface area contributed by atoms with Crippen LogP contribution in [0, 0.1) is 0 Å². The Labute approximate surface area is 110 Å². The summed E-state index contributed by atoms with van der Waals surface area (Å²) in [4.78, 5) is 28.1. The monoisotopic (exact) mass is 261 g/mol. The molecule has 0 unspecified atom stereocenters. The van der Waals surface area contributed by atoms with Crippen LogP contribution < -0.4 is 0 Å². The summed E-state index contributed by atoms with van der Waals surface area (Å²) in [5, 5.41) is 8.90. The molecule has 100 valence electrons. The first-order valence-corrected chi connectivity index (χ1v) is 5.87. The van der Waals surface area contributed by atoms with Crippen molar-refractivity contribution in [1.29, 1.82) is 0 Å². The SMILES string of the molecule is CN(C)C(=O)CCn1cnc2cc(C(=O)O)ccc21. The molecule has 19 heavy (non-hydrogen) atoms. The van der Waals surface area contributed by atoms with Gasteiger partial charge in [0, 0.05) is 27.1 Å². The number of benzene rings is 1. The van der Waals surface area contributed by atoms with Gasteiger partial charge in [0.25, 0.3) is 0 Å². The highest BCUT2D eigenvalue weighted by molar-refractivity contribution is 5.92. The second-order valence-corrected chi connectivity index (χ2v) is 4.48. The largest absolute Gasteiger partial charge is 0.478 e. The molecule has 2 aromatic rings. The fourth-order valence-corrected chi connectivity index (χ4v) is 1.81. The van der Waals surface area contributed by atoms with E-state index in [2.05, 4.69) is 4.98 Å². The van der Waals surface area contributed by atoms with Crippen molar-refractivity contribution in [2.75, 3.05) is 14.1 Å². The number of carbonyl (C=O) groups excluding carboxylic acids is 1. The van der Waals surface area contributed by atoms with Gasteiger partial charge in [0.05, 0.1) is 22.9 Å². The maximum Gasteiger partial charge on any atom is 0.335 e. The van der Waals surface area contributed by atoms with Crippen molar-refractivity contribution < 1.29 is 14.7 Å². The molecule has 6 nitrogen and oxygen atoms in total. The second kappa shape index (κ2) is 5.09. The molecule has 0 radical (unpaired) electrons. The number of hydrogen-bond acceptors (Lipinski definition) is 3. The van der Waals surface area contributed by atoms with Gasteiger partial charge in [-0.15, -0.1) is 0 Å². The van der Waals surface area contributed by atoms with Crippen molar-refractivity contribution in [2.45, 2.75) is 13.0 Å². The maximum atomic E-state index is 11.5. The molecule has 1 N–H and O–H groups in total. The number of aromatic nitrogens is 2. The van der Waals surface area contributed by atoms with E-state index in [1.54, 1.807) is 31.4 Å². The summed E-state index contributed by atoms with van der Waals surface area (Å²) in [5.74, 6) is -0.928. The van der Waals surface area contributed by atoms with Gasteiger partial charge in [-0.2, -0.15) is 0 Å². The number of rotatable bonds is 4. The number of hydrogen-bond donors (Lipinski definition) is 1. The van der Waals surface area contributed by atoms with E-state index in [1.807, 2.05) is 4.57 Å². The Bertz CT molecular complexity index is 631. The van der Waals surface area contributed by atoms with E-state index in [4.69, 9.17) is 5.11 Å². The van der Waals surface area contributed by atoms with Crippen LogP contribution in [-0.4, -0.2) is 45.5 Å². The lowest BCUT2D eigenvalue weighted by Gasteiger charge is -2.10. The number of carboxylic acid groups (broad SMARTS) is 1. The van der Waals surface area contributed by atoms with Crippen molar-refractivity contribution in [1.82, 2.24) is 14.5 Å². The Morgan fingerprint density at radius 3 is 2.74 bits per heavy atom. The normalized spacial score (nSPS) is 10.6. The predicted molar refractivity (Wildman–Crippen MR) is 70.0 cm³/mol. The Balaban J connectivity index is 2.21. The molecule has 0 spiro atoms. The van der Waals surface area contributed by atoms with Gasteiger partial charge in [0.1, 0.15) is 0 Å². The third-order valence-corrected chi connectivity index (χ3v) is 2.93. The molecule has 0 saturated carbocycles. The van der Waals surface area contributed by atoms with E-state index < -0.39 is 5.97 Å². The summed E-state index contributed by atoms with van der Waals surface area (Å²) in [5.41, 5.74) is 1.66. The number of imidazole rings is 1. The van der Waals surface area contributed by atoms with Crippen molar-refractivity contribution in [3.8, 4) is 0 Å². The summed E-state index contributed by atoms with van der Waals surface area (Å²) in [6.45, 7) is 0.528. The van der Waals surface area contributed by atoms with Crippen LogP contribution in [-0.2, 0) is 11.3 Å². The number of fused-ring (bicyclic) bond motifs is 1. The summed E-state index contributed by atoms with van der Waals surface area (Å²) < 4.78 is 1.85. The third kappa shape index (κ3) is 2.73. The standard InChI is InChI=1S/C13H15N3O3/c1-15(2)12(17)5-6-16-8-14-10-7-9(13(18)19)3-4-11(10)16/h3-4,7-8H,5-6H2,1-2H3,(H,18,19). The van der Waals surface area contributed by atoms with Gasteiger partial charge in [-0.05, 0) is 18.2 Å². The molecule has 0 saturated heterocycles. The zero-order valence-corrected chi connectivity index (χ0v) is 10.8. The van der Waals surface area contributed by atoms with Crippen LogP contribution in [0.25, 0.3) is 11.0 Å². The highest BCUT2D eigenvalue weighted by Gasteiger charge is 2.09. The minimum Gasteiger partial charge on any atom is -0.478 e. The summed E-state index contributed by atoms with van der Waals surface area (Å²) in [7, 11) is 3.43. The molecule has 6 heteroatoms. The molecule has 0 aliphatic heterocycles. The molecular formula is C13H15N3O3. The summed E-state index contributed by atoms with van der Waals surface area (Å²) in [6, 6.07) is 4.78. The molecule has 1 aromatic heterocycles. The van der Waals surface area contributed by atoms with Gasteiger partial charge < -0.3 is 14.6 Å². The van der Waals surface area contributed by atoms with Gasteiger partial charge >= 0.3 is 5.97 Å². The topological polar surface area (TPSA) is 75.4 Å². The fourth-order valence-electron chi connectivity index (χ4n) is 1.81. The van der Waals surface area contributed by atoms with Gasteiger partial charge in [-0.1, -0.05) is 0 Å². The second-order valence-electron chi connectivity index (χ2n) is 4.48. The van der Waals surface area contributed by atoms with Crippen molar-refractivity contribution in [3.63, 3.8) is 0 Å². The predicted octanol–water partition coefficient (Wildman–Crippen LogP) is 1.21. The highest BCUT2D eigenvalue weighted by atomic mass is 16.4. The lowest BCUT2D eigenvalue weighted by atomic mass is 10.2. The number of carbonyl (C=O) groups is 2. The maximum absolute atomic E-state index is 11.5. The number of nitrogens with zero attached hydrogens (tertiary/aromatic N) is 3. The molecule has 0 aliphatic carbocycles. The third-order valence-electron chi connectivity index (χ3n) is 2.93. The van der Waals surface area contributed by atoms with Crippen LogP contribution in [0.5, 0.6) is 0 Å². The molecule has 0 bridgehead atoms. The molecule has 0 aliphatic rings. The first-order chi connectivity index (χ1) is 8.99. The average molecular weight is 261 g/mol. The Hall–Kier alpha value is -2.37. The molecule has 1 heterocycles. The smallest absolute Gasteiger partial charge is 0.335 e. The minimum absolute atomic E-state index is 0.0454. The number of aryl methyl sites for hydroxylation is 1. The lowest BCUT2D eigenvalue weighted by Crippen LogP contribution is -2.22.